The van der Waals surface area contributed by atoms with Crippen LogP contribution in [0, 0.1) is 11.8 Å². The first-order valence-corrected chi connectivity index (χ1v) is 6.21. The quantitative estimate of drug-likeness (QED) is 0.582. The second-order valence-corrected chi connectivity index (χ2v) is 4.00. The summed E-state index contributed by atoms with van der Waals surface area (Å²) in [5.41, 5.74) is 5.96. The highest BCUT2D eigenvalue weighted by Crippen LogP contribution is 2.00. The number of amides is 1. The van der Waals surface area contributed by atoms with Gasteiger partial charge in [-0.25, -0.2) is 4.68 Å². The molecule has 0 saturated carbocycles. The molecule has 7 heteroatoms. The fraction of sp³-hybridized carbons (Fsp3) is 0.214. The number of aliphatic hydroxyl groups is 1. The predicted octanol–water partition coefficient (Wildman–Crippen LogP) is -0.257. The zero-order valence-electron chi connectivity index (χ0n) is 11.2. The van der Waals surface area contributed by atoms with E-state index in [9.17, 15) is 4.79 Å². The maximum atomic E-state index is 11.1. The minimum Gasteiger partial charge on any atom is -0.394 e. The van der Waals surface area contributed by atoms with Gasteiger partial charge in [0.05, 0.1) is 13.2 Å². The molecule has 108 valence electrons. The van der Waals surface area contributed by atoms with Crippen molar-refractivity contribution in [3.63, 3.8) is 0 Å². The van der Waals surface area contributed by atoms with Crippen LogP contribution in [0.5, 0.6) is 0 Å². The lowest BCUT2D eigenvalue weighted by Crippen LogP contribution is -2.14. The van der Waals surface area contributed by atoms with Crippen LogP contribution in [-0.4, -0.2) is 39.0 Å². The third-order valence-corrected chi connectivity index (χ3v) is 2.43. The molecule has 0 bridgehead atoms. The molecule has 1 amide bonds. The Morgan fingerprint density at radius 1 is 1.33 bits per heavy atom. The number of nitrogens with zero attached hydrogens (tertiary/aromatic N) is 3. The monoisotopic (exact) mass is 286 g/mol. The van der Waals surface area contributed by atoms with Gasteiger partial charge in [-0.05, 0) is 18.1 Å². The first kappa shape index (κ1) is 14.7. The van der Waals surface area contributed by atoms with E-state index < -0.39 is 5.91 Å². The first-order chi connectivity index (χ1) is 10.2. The second-order valence-electron chi connectivity index (χ2n) is 4.00. The van der Waals surface area contributed by atoms with Crippen LogP contribution in [0.4, 0.5) is 0 Å². The molecule has 0 spiro atoms. The van der Waals surface area contributed by atoms with Gasteiger partial charge >= 0.3 is 0 Å². The van der Waals surface area contributed by atoms with Gasteiger partial charge in [0.15, 0.2) is 0 Å². The highest BCUT2D eigenvalue weighted by atomic mass is 16.5. The normalized spacial score (nSPS) is 9.95. The van der Waals surface area contributed by atoms with Crippen LogP contribution in [0.1, 0.15) is 22.0 Å². The van der Waals surface area contributed by atoms with Crippen molar-refractivity contribution in [2.45, 2.75) is 6.73 Å². The van der Waals surface area contributed by atoms with Gasteiger partial charge in [-0.3, -0.25) is 4.79 Å². The van der Waals surface area contributed by atoms with E-state index in [1.807, 2.05) is 30.3 Å². The number of hydrogen-bond acceptors (Lipinski definition) is 5. The van der Waals surface area contributed by atoms with E-state index in [1.165, 1.54) is 4.68 Å². The number of hydrogen-bond donors (Lipinski definition) is 2. The van der Waals surface area contributed by atoms with Crippen LogP contribution in [-0.2, 0) is 11.5 Å². The van der Waals surface area contributed by atoms with Crippen molar-refractivity contribution in [2.75, 3.05) is 13.2 Å². The molecule has 0 radical (unpaired) electrons. The minimum atomic E-state index is -0.737. The Balaban J connectivity index is 2.24. The molecule has 21 heavy (non-hydrogen) atoms. The lowest BCUT2D eigenvalue weighted by molar-refractivity contribution is 0.0411. The highest BCUT2D eigenvalue weighted by Gasteiger charge is 2.12. The highest BCUT2D eigenvalue weighted by molar-refractivity contribution is 5.88. The number of nitrogens with two attached hydrogens (primary N) is 1. The summed E-state index contributed by atoms with van der Waals surface area (Å²) < 4.78 is 6.47. The number of ether oxygens (including phenoxy) is 1. The lowest BCUT2D eigenvalue weighted by Gasteiger charge is -2.02. The maximum Gasteiger partial charge on any atom is 0.288 e. The smallest absolute Gasteiger partial charge is 0.288 e. The van der Waals surface area contributed by atoms with E-state index >= 15 is 0 Å². The van der Waals surface area contributed by atoms with Gasteiger partial charge in [0.25, 0.3) is 5.91 Å². The van der Waals surface area contributed by atoms with Gasteiger partial charge in [0.2, 0.25) is 11.6 Å². The molecule has 2 aromatic rings. The zero-order chi connectivity index (χ0) is 15.1. The average molecular weight is 286 g/mol. The minimum absolute atomic E-state index is 0.0274. The number of carbonyl (C=O) groups is 1. The van der Waals surface area contributed by atoms with Gasteiger partial charge in [-0.2, -0.15) is 4.98 Å². The van der Waals surface area contributed by atoms with Gasteiger partial charge in [-0.1, -0.05) is 24.1 Å². The first-order valence-electron chi connectivity index (χ1n) is 6.21. The Morgan fingerprint density at radius 2 is 2.10 bits per heavy atom. The molecule has 0 fully saturated rings. The molecule has 0 atom stereocenters. The fourth-order valence-corrected chi connectivity index (χ4v) is 1.49. The van der Waals surface area contributed by atoms with E-state index in [2.05, 4.69) is 21.9 Å². The molecule has 7 nitrogen and oxygen atoms in total. The number of carbonyl (C=O) groups excluding carboxylic acids is 1. The third-order valence-electron chi connectivity index (χ3n) is 2.43. The lowest BCUT2D eigenvalue weighted by atomic mass is 10.2. The van der Waals surface area contributed by atoms with Crippen LogP contribution in [0.3, 0.4) is 0 Å². The Kier molecular flexibility index (Phi) is 5.04. The Labute approximate surface area is 121 Å². The van der Waals surface area contributed by atoms with Gasteiger partial charge in [0, 0.05) is 5.56 Å². The van der Waals surface area contributed by atoms with Crippen molar-refractivity contribution in [3.8, 4) is 11.8 Å². The molecule has 0 unspecified atom stereocenters. The molecule has 2 rings (SSSR count). The van der Waals surface area contributed by atoms with E-state index in [1.54, 1.807) is 0 Å². The molecule has 0 aliphatic heterocycles. The Morgan fingerprint density at radius 3 is 2.76 bits per heavy atom. The van der Waals surface area contributed by atoms with Crippen molar-refractivity contribution in [3.05, 3.63) is 47.5 Å². The third kappa shape index (κ3) is 4.14. The molecule has 1 aromatic heterocycles. The molecular weight excluding hydrogens is 272 g/mol. The van der Waals surface area contributed by atoms with Crippen molar-refractivity contribution in [1.82, 2.24) is 14.8 Å². The molecule has 1 aromatic carbocycles. The number of primary amides is 1. The summed E-state index contributed by atoms with van der Waals surface area (Å²) in [6.45, 7) is 0.0688. The molecule has 3 N–H and O–H groups in total. The SMILES string of the molecule is NC(=O)c1nc(C#Cc2ccccc2)n(COCCO)n1. The molecule has 0 aliphatic rings. The summed E-state index contributed by atoms with van der Waals surface area (Å²) >= 11 is 0. The van der Waals surface area contributed by atoms with Gasteiger partial charge in [0.1, 0.15) is 6.73 Å². The molecular formula is C14H14N4O3. The summed E-state index contributed by atoms with van der Waals surface area (Å²) in [7, 11) is 0. The standard InChI is InChI=1S/C14H14N4O3/c15-13(20)14-16-12(18(17-14)10-21-9-8-19)7-6-11-4-2-1-3-5-11/h1-5,19H,8-10H2,(H2,15,20). The number of aromatic nitrogens is 3. The van der Waals surface area contributed by atoms with Gasteiger partial charge in [-0.15, -0.1) is 5.10 Å². The zero-order valence-corrected chi connectivity index (χ0v) is 11.2. The van der Waals surface area contributed by atoms with Gasteiger partial charge < -0.3 is 15.6 Å². The Bertz CT molecular complexity index is 671. The topological polar surface area (TPSA) is 103 Å². The maximum absolute atomic E-state index is 11.1. The van der Waals surface area contributed by atoms with Crippen LogP contribution in [0.25, 0.3) is 0 Å². The fourth-order valence-electron chi connectivity index (χ4n) is 1.49. The van der Waals surface area contributed by atoms with Crippen LogP contribution in [0.15, 0.2) is 30.3 Å². The second kappa shape index (κ2) is 7.19. The van der Waals surface area contributed by atoms with Crippen molar-refractivity contribution in [1.29, 1.82) is 0 Å². The van der Waals surface area contributed by atoms with Crippen LogP contribution < -0.4 is 5.73 Å². The largest absolute Gasteiger partial charge is 0.394 e. The summed E-state index contributed by atoms with van der Waals surface area (Å²) in [4.78, 5) is 15.1. The van der Waals surface area contributed by atoms with Crippen LogP contribution >= 0.6 is 0 Å². The number of benzene rings is 1. The Hall–Kier alpha value is -2.69. The summed E-state index contributed by atoms with van der Waals surface area (Å²) in [5.74, 6) is 5.14. The van der Waals surface area contributed by atoms with Crippen LogP contribution in [0.2, 0.25) is 0 Å². The number of rotatable bonds is 5. The van der Waals surface area contributed by atoms with E-state index in [0.717, 1.165) is 5.56 Å². The van der Waals surface area contributed by atoms with E-state index in [0.29, 0.717) is 0 Å². The molecule has 0 saturated heterocycles. The van der Waals surface area contributed by atoms with Crippen molar-refractivity contribution >= 4 is 5.91 Å². The summed E-state index contributed by atoms with van der Waals surface area (Å²) in [6, 6.07) is 9.33. The molecule has 1 heterocycles. The predicted molar refractivity (Wildman–Crippen MR) is 74.0 cm³/mol. The summed E-state index contributed by atoms with van der Waals surface area (Å²) in [5, 5.41) is 12.6. The van der Waals surface area contributed by atoms with E-state index in [4.69, 9.17) is 15.6 Å². The summed E-state index contributed by atoms with van der Waals surface area (Å²) in [6.07, 6.45) is 0. The molecule has 0 aliphatic carbocycles. The van der Waals surface area contributed by atoms with E-state index in [-0.39, 0.29) is 31.6 Å². The van der Waals surface area contributed by atoms with Crippen molar-refractivity contribution < 1.29 is 14.6 Å². The van der Waals surface area contributed by atoms with Crippen molar-refractivity contribution in [2.24, 2.45) is 5.73 Å². The average Bonchev–Trinajstić information content (AvgIpc) is 2.90. The number of aliphatic hydroxyl groups excluding tert-OH is 1.